The van der Waals surface area contributed by atoms with Crippen molar-refractivity contribution in [2.45, 2.75) is 12.8 Å². The molecule has 0 aromatic heterocycles. The molecule has 1 aliphatic heterocycles. The number of benzene rings is 1. The van der Waals surface area contributed by atoms with Gasteiger partial charge in [-0.25, -0.2) is 0 Å². The first-order chi connectivity index (χ1) is 9.15. The molecule has 1 fully saturated rings. The van der Waals surface area contributed by atoms with Crippen LogP contribution in [0.5, 0.6) is 11.5 Å². The largest absolute Gasteiger partial charge is 0.493 e. The minimum atomic E-state index is -0.688. The first kappa shape index (κ1) is 13.5. The minimum absolute atomic E-state index is 0.212. The molecule has 1 saturated heterocycles. The molecule has 0 unspecified atom stereocenters. The number of piperidine rings is 1. The Hall–Kier alpha value is -1.91. The zero-order valence-electron chi connectivity index (χ0n) is 11.3. The molecule has 1 heterocycles. The number of nitrogens with zero attached hydrogens (tertiary/aromatic N) is 1. The van der Waals surface area contributed by atoms with Gasteiger partial charge in [0.15, 0.2) is 11.5 Å². The number of anilines is 1. The van der Waals surface area contributed by atoms with E-state index in [1.807, 2.05) is 18.2 Å². The molecule has 1 aliphatic rings. The third-order valence-electron chi connectivity index (χ3n) is 3.58. The van der Waals surface area contributed by atoms with E-state index in [4.69, 9.17) is 14.6 Å². The van der Waals surface area contributed by atoms with Gasteiger partial charge in [0.1, 0.15) is 0 Å². The van der Waals surface area contributed by atoms with Crippen LogP contribution in [0.4, 0.5) is 5.69 Å². The molecule has 19 heavy (non-hydrogen) atoms. The van der Waals surface area contributed by atoms with E-state index in [1.165, 1.54) is 0 Å². The van der Waals surface area contributed by atoms with Crippen LogP contribution in [-0.4, -0.2) is 38.4 Å². The molecule has 0 atom stereocenters. The van der Waals surface area contributed by atoms with Crippen LogP contribution >= 0.6 is 0 Å². The smallest absolute Gasteiger partial charge is 0.306 e. The van der Waals surface area contributed by atoms with Gasteiger partial charge >= 0.3 is 5.97 Å². The molecule has 5 nitrogen and oxygen atoms in total. The van der Waals surface area contributed by atoms with Crippen LogP contribution in [0.3, 0.4) is 0 Å². The summed E-state index contributed by atoms with van der Waals surface area (Å²) in [7, 11) is 3.22. The maximum absolute atomic E-state index is 10.9. The Bertz CT molecular complexity index is 453. The first-order valence-corrected chi connectivity index (χ1v) is 6.35. The van der Waals surface area contributed by atoms with Gasteiger partial charge in [-0.15, -0.1) is 0 Å². The van der Waals surface area contributed by atoms with Gasteiger partial charge in [0.05, 0.1) is 20.1 Å². The summed E-state index contributed by atoms with van der Waals surface area (Å²) in [6.07, 6.45) is 1.37. The zero-order valence-corrected chi connectivity index (χ0v) is 11.3. The van der Waals surface area contributed by atoms with Crippen molar-refractivity contribution in [3.05, 3.63) is 18.2 Å². The van der Waals surface area contributed by atoms with Crippen LogP contribution in [-0.2, 0) is 4.79 Å². The van der Waals surface area contributed by atoms with E-state index in [1.54, 1.807) is 14.2 Å². The zero-order chi connectivity index (χ0) is 13.8. The Balaban J connectivity index is 2.09. The SMILES string of the molecule is COc1ccc(N2CCC(C(=O)O)CC2)cc1OC. The third kappa shape index (κ3) is 2.92. The van der Waals surface area contributed by atoms with Gasteiger partial charge in [0.25, 0.3) is 0 Å². The maximum Gasteiger partial charge on any atom is 0.306 e. The van der Waals surface area contributed by atoms with Crippen molar-refractivity contribution in [3.8, 4) is 11.5 Å². The van der Waals surface area contributed by atoms with Gasteiger partial charge in [-0.05, 0) is 25.0 Å². The maximum atomic E-state index is 10.9. The Kier molecular flexibility index (Phi) is 4.14. The lowest BCUT2D eigenvalue weighted by atomic mass is 9.97. The molecule has 0 amide bonds. The second kappa shape index (κ2) is 5.82. The quantitative estimate of drug-likeness (QED) is 0.902. The van der Waals surface area contributed by atoms with Crippen molar-refractivity contribution in [3.63, 3.8) is 0 Å². The second-order valence-electron chi connectivity index (χ2n) is 4.64. The Labute approximate surface area is 112 Å². The normalized spacial score (nSPS) is 16.2. The molecule has 104 valence electrons. The van der Waals surface area contributed by atoms with Crippen molar-refractivity contribution >= 4 is 11.7 Å². The number of carboxylic acid groups (broad SMARTS) is 1. The van der Waals surface area contributed by atoms with E-state index in [2.05, 4.69) is 4.90 Å². The average molecular weight is 265 g/mol. The number of hydrogen-bond acceptors (Lipinski definition) is 4. The minimum Gasteiger partial charge on any atom is -0.493 e. The molecule has 1 aromatic rings. The lowest BCUT2D eigenvalue weighted by Gasteiger charge is -2.32. The monoisotopic (exact) mass is 265 g/mol. The first-order valence-electron chi connectivity index (χ1n) is 6.35. The highest BCUT2D eigenvalue weighted by Crippen LogP contribution is 2.33. The van der Waals surface area contributed by atoms with E-state index in [0.29, 0.717) is 24.3 Å². The third-order valence-corrected chi connectivity index (χ3v) is 3.58. The van der Waals surface area contributed by atoms with Gasteiger partial charge in [0, 0.05) is 24.8 Å². The van der Waals surface area contributed by atoms with Crippen LogP contribution < -0.4 is 14.4 Å². The van der Waals surface area contributed by atoms with Crippen LogP contribution in [0.25, 0.3) is 0 Å². The number of carbonyl (C=O) groups is 1. The molecule has 0 bridgehead atoms. The topological polar surface area (TPSA) is 59.0 Å². The highest BCUT2D eigenvalue weighted by atomic mass is 16.5. The summed E-state index contributed by atoms with van der Waals surface area (Å²) in [5.74, 6) is 0.496. The summed E-state index contributed by atoms with van der Waals surface area (Å²) in [4.78, 5) is 13.1. The predicted molar refractivity (Wildman–Crippen MR) is 72.1 cm³/mol. The Morgan fingerprint density at radius 2 is 1.84 bits per heavy atom. The van der Waals surface area contributed by atoms with Gasteiger partial charge in [-0.3, -0.25) is 4.79 Å². The lowest BCUT2D eigenvalue weighted by molar-refractivity contribution is -0.142. The summed E-state index contributed by atoms with van der Waals surface area (Å²) in [5.41, 5.74) is 1.04. The van der Waals surface area contributed by atoms with Gasteiger partial charge in [0.2, 0.25) is 0 Å². The van der Waals surface area contributed by atoms with Gasteiger partial charge in [-0.1, -0.05) is 0 Å². The molecular formula is C14H19NO4. The number of hydrogen-bond donors (Lipinski definition) is 1. The Morgan fingerprint density at radius 3 is 2.37 bits per heavy atom. The van der Waals surface area contributed by atoms with Crippen LogP contribution in [0, 0.1) is 5.92 Å². The van der Waals surface area contributed by atoms with Crippen molar-refractivity contribution in [1.29, 1.82) is 0 Å². The van der Waals surface area contributed by atoms with Crippen LogP contribution in [0.2, 0.25) is 0 Å². The second-order valence-corrected chi connectivity index (χ2v) is 4.64. The van der Waals surface area contributed by atoms with E-state index in [9.17, 15) is 4.79 Å². The van der Waals surface area contributed by atoms with E-state index in [0.717, 1.165) is 18.8 Å². The van der Waals surface area contributed by atoms with Crippen LogP contribution in [0.1, 0.15) is 12.8 Å². The highest BCUT2D eigenvalue weighted by Gasteiger charge is 2.24. The summed E-state index contributed by atoms with van der Waals surface area (Å²) in [6, 6.07) is 5.78. The molecule has 0 saturated carbocycles. The van der Waals surface area contributed by atoms with Gasteiger partial charge < -0.3 is 19.5 Å². The van der Waals surface area contributed by atoms with E-state index >= 15 is 0 Å². The van der Waals surface area contributed by atoms with Gasteiger partial charge in [-0.2, -0.15) is 0 Å². The number of aliphatic carboxylic acids is 1. The number of rotatable bonds is 4. The summed E-state index contributed by atoms with van der Waals surface area (Å²) in [5, 5.41) is 8.99. The number of methoxy groups -OCH3 is 2. The molecule has 0 aliphatic carbocycles. The molecule has 5 heteroatoms. The predicted octanol–water partition coefficient (Wildman–Crippen LogP) is 2.00. The fraction of sp³-hybridized carbons (Fsp3) is 0.500. The molecule has 0 spiro atoms. The molecule has 2 rings (SSSR count). The van der Waals surface area contributed by atoms with Crippen molar-refractivity contribution in [2.75, 3.05) is 32.2 Å². The fourth-order valence-corrected chi connectivity index (χ4v) is 2.41. The molecule has 1 aromatic carbocycles. The lowest BCUT2D eigenvalue weighted by Crippen LogP contribution is -2.36. The number of ether oxygens (including phenoxy) is 2. The summed E-state index contributed by atoms with van der Waals surface area (Å²) >= 11 is 0. The van der Waals surface area contributed by atoms with Crippen molar-refractivity contribution in [1.82, 2.24) is 0 Å². The molecule has 0 radical (unpaired) electrons. The summed E-state index contributed by atoms with van der Waals surface area (Å²) < 4.78 is 10.5. The fourth-order valence-electron chi connectivity index (χ4n) is 2.41. The molecule has 1 N–H and O–H groups in total. The Morgan fingerprint density at radius 1 is 1.21 bits per heavy atom. The van der Waals surface area contributed by atoms with Crippen LogP contribution in [0.15, 0.2) is 18.2 Å². The molecular weight excluding hydrogens is 246 g/mol. The van der Waals surface area contributed by atoms with E-state index < -0.39 is 5.97 Å². The standard InChI is InChI=1S/C14H19NO4/c1-18-12-4-3-11(9-13(12)19-2)15-7-5-10(6-8-15)14(16)17/h3-4,9-10H,5-8H2,1-2H3,(H,16,17). The summed E-state index contributed by atoms with van der Waals surface area (Å²) in [6.45, 7) is 1.51. The van der Waals surface area contributed by atoms with Crippen molar-refractivity contribution in [2.24, 2.45) is 5.92 Å². The van der Waals surface area contributed by atoms with Crippen molar-refractivity contribution < 1.29 is 19.4 Å². The highest BCUT2D eigenvalue weighted by molar-refractivity contribution is 5.70. The van der Waals surface area contributed by atoms with E-state index in [-0.39, 0.29) is 5.92 Å². The average Bonchev–Trinajstić information content (AvgIpc) is 2.46. The number of carboxylic acids is 1.